The highest BCUT2D eigenvalue weighted by Crippen LogP contribution is 2.26. The molecule has 4 aromatic rings. The molecule has 128 valence electrons. The number of benzene rings is 2. The van der Waals surface area contributed by atoms with Crippen molar-refractivity contribution in [2.75, 3.05) is 5.32 Å². The molecule has 0 fully saturated rings. The number of hydrogen-bond donors (Lipinski definition) is 1. The van der Waals surface area contributed by atoms with Crippen LogP contribution in [0.5, 0.6) is 0 Å². The summed E-state index contributed by atoms with van der Waals surface area (Å²) in [6.07, 6.45) is 3.95. The van der Waals surface area contributed by atoms with Gasteiger partial charge in [-0.2, -0.15) is 0 Å². The summed E-state index contributed by atoms with van der Waals surface area (Å²) in [6, 6.07) is 19.2. The van der Waals surface area contributed by atoms with E-state index in [9.17, 15) is 4.79 Å². The predicted octanol–water partition coefficient (Wildman–Crippen LogP) is 5.32. The molecule has 26 heavy (non-hydrogen) atoms. The van der Waals surface area contributed by atoms with Crippen molar-refractivity contribution in [3.05, 3.63) is 88.7 Å². The van der Waals surface area contributed by atoms with Crippen LogP contribution in [0.2, 0.25) is 0 Å². The van der Waals surface area contributed by atoms with Gasteiger partial charge in [-0.3, -0.25) is 4.79 Å². The Morgan fingerprint density at radius 1 is 1.08 bits per heavy atom. The Bertz CT molecular complexity index is 1070. The second kappa shape index (κ2) is 6.77. The summed E-state index contributed by atoms with van der Waals surface area (Å²) in [5.74, 6) is -0.132. The maximum absolute atomic E-state index is 12.5. The first-order valence-electron chi connectivity index (χ1n) is 8.22. The molecule has 0 aliphatic rings. The smallest absolute Gasteiger partial charge is 0.255 e. The molecule has 0 bridgehead atoms. The molecule has 0 spiro atoms. The fraction of sp³-hybridized carbons (Fsp3) is 0.0476. The van der Waals surface area contributed by atoms with Crippen molar-refractivity contribution in [1.29, 1.82) is 0 Å². The van der Waals surface area contributed by atoms with Gasteiger partial charge in [0.1, 0.15) is 5.65 Å². The van der Waals surface area contributed by atoms with Gasteiger partial charge < -0.3 is 9.72 Å². The van der Waals surface area contributed by atoms with Gasteiger partial charge in [0.2, 0.25) is 0 Å². The number of carbonyl (C=O) groups excluding carboxylic acids is 1. The molecular formula is C21H16BrN3O. The zero-order valence-electron chi connectivity index (χ0n) is 14.1. The van der Waals surface area contributed by atoms with Gasteiger partial charge in [-0.1, -0.05) is 34.1 Å². The summed E-state index contributed by atoms with van der Waals surface area (Å²) >= 11 is 3.38. The maximum atomic E-state index is 12.5. The van der Waals surface area contributed by atoms with Gasteiger partial charge >= 0.3 is 0 Å². The summed E-state index contributed by atoms with van der Waals surface area (Å²) < 4.78 is 2.93. The number of nitrogens with zero attached hydrogens (tertiary/aromatic N) is 2. The predicted molar refractivity (Wildman–Crippen MR) is 107 cm³/mol. The number of rotatable bonds is 3. The zero-order chi connectivity index (χ0) is 18.1. The molecule has 2 aromatic carbocycles. The third kappa shape index (κ3) is 3.26. The molecule has 0 radical (unpaired) electrons. The molecule has 0 saturated carbocycles. The van der Waals surface area contributed by atoms with Crippen molar-refractivity contribution in [2.45, 2.75) is 6.92 Å². The molecule has 1 N–H and O–H groups in total. The lowest BCUT2D eigenvalue weighted by Crippen LogP contribution is -2.12. The first kappa shape index (κ1) is 16.5. The Hall–Kier alpha value is -2.92. The molecule has 4 nitrogen and oxygen atoms in total. The number of carbonyl (C=O) groups is 1. The highest BCUT2D eigenvalue weighted by atomic mass is 79.9. The van der Waals surface area contributed by atoms with Crippen LogP contribution >= 0.6 is 15.9 Å². The van der Waals surface area contributed by atoms with Crippen LogP contribution in [0.1, 0.15) is 15.9 Å². The summed E-state index contributed by atoms with van der Waals surface area (Å²) in [4.78, 5) is 17.2. The van der Waals surface area contributed by atoms with E-state index in [4.69, 9.17) is 0 Å². The lowest BCUT2D eigenvalue weighted by molar-refractivity contribution is 0.102. The van der Waals surface area contributed by atoms with E-state index in [2.05, 4.69) is 26.2 Å². The summed E-state index contributed by atoms with van der Waals surface area (Å²) in [5.41, 5.74) is 5.13. The molecule has 0 atom stereocenters. The molecule has 0 aliphatic heterocycles. The number of imidazole rings is 1. The largest absolute Gasteiger partial charge is 0.322 e. The van der Waals surface area contributed by atoms with Crippen LogP contribution in [-0.4, -0.2) is 15.3 Å². The molecule has 2 aromatic heterocycles. The second-order valence-corrected chi connectivity index (χ2v) is 7.00. The molecule has 0 aliphatic carbocycles. The SMILES string of the molecule is Cc1ccc(-c2cn3ccccc3n2)cc1NC(=O)c1ccc(Br)cc1. The van der Waals surface area contributed by atoms with Crippen molar-refractivity contribution in [1.82, 2.24) is 9.38 Å². The van der Waals surface area contributed by atoms with Crippen LogP contribution in [0.4, 0.5) is 5.69 Å². The molecule has 1 amide bonds. The van der Waals surface area contributed by atoms with Crippen molar-refractivity contribution in [3.8, 4) is 11.3 Å². The van der Waals surface area contributed by atoms with Crippen molar-refractivity contribution in [2.24, 2.45) is 0 Å². The van der Waals surface area contributed by atoms with E-state index in [0.717, 1.165) is 32.6 Å². The Morgan fingerprint density at radius 3 is 2.65 bits per heavy atom. The number of aryl methyl sites for hydroxylation is 1. The molecule has 0 saturated heterocycles. The highest BCUT2D eigenvalue weighted by molar-refractivity contribution is 9.10. The van der Waals surface area contributed by atoms with Crippen molar-refractivity contribution >= 4 is 33.2 Å². The third-order valence-corrected chi connectivity index (χ3v) is 4.78. The Kier molecular flexibility index (Phi) is 4.31. The van der Waals surface area contributed by atoms with E-state index >= 15 is 0 Å². The van der Waals surface area contributed by atoms with Crippen LogP contribution in [0.25, 0.3) is 16.9 Å². The number of fused-ring (bicyclic) bond motifs is 1. The standard InChI is InChI=1S/C21H16BrN3O/c1-14-5-6-16(19-13-25-11-3-2-4-20(25)23-19)12-18(14)24-21(26)15-7-9-17(22)10-8-15/h2-13H,1H3,(H,24,26). The first-order chi connectivity index (χ1) is 12.6. The van der Waals surface area contributed by atoms with E-state index in [1.165, 1.54) is 0 Å². The topological polar surface area (TPSA) is 46.4 Å². The van der Waals surface area contributed by atoms with Crippen molar-refractivity contribution in [3.63, 3.8) is 0 Å². The summed E-state index contributed by atoms with van der Waals surface area (Å²) in [7, 11) is 0. The second-order valence-electron chi connectivity index (χ2n) is 6.08. The van der Waals surface area contributed by atoms with Gasteiger partial charge in [-0.25, -0.2) is 4.98 Å². The van der Waals surface area contributed by atoms with Gasteiger partial charge in [-0.05, 0) is 55.0 Å². The Morgan fingerprint density at radius 2 is 1.88 bits per heavy atom. The fourth-order valence-electron chi connectivity index (χ4n) is 2.79. The average Bonchev–Trinajstić information content (AvgIpc) is 3.08. The molecule has 4 rings (SSSR count). The number of anilines is 1. The number of pyridine rings is 1. The average molecular weight is 406 g/mol. The minimum absolute atomic E-state index is 0.132. The van der Waals surface area contributed by atoms with Gasteiger partial charge in [0.05, 0.1) is 5.69 Å². The van der Waals surface area contributed by atoms with Gasteiger partial charge in [0.15, 0.2) is 0 Å². The van der Waals surface area contributed by atoms with Crippen LogP contribution < -0.4 is 5.32 Å². The van der Waals surface area contributed by atoms with Crippen LogP contribution in [-0.2, 0) is 0 Å². The molecule has 5 heteroatoms. The molecule has 0 unspecified atom stereocenters. The summed E-state index contributed by atoms with van der Waals surface area (Å²) in [6.45, 7) is 1.98. The Labute approximate surface area is 159 Å². The maximum Gasteiger partial charge on any atom is 0.255 e. The third-order valence-electron chi connectivity index (χ3n) is 4.25. The van der Waals surface area contributed by atoms with E-state index in [-0.39, 0.29) is 5.91 Å². The number of amides is 1. The fourth-order valence-corrected chi connectivity index (χ4v) is 3.05. The minimum Gasteiger partial charge on any atom is -0.322 e. The van der Waals surface area contributed by atoms with Gasteiger partial charge in [0.25, 0.3) is 5.91 Å². The number of nitrogens with one attached hydrogen (secondary N) is 1. The van der Waals surface area contributed by atoms with Crippen LogP contribution in [0.3, 0.4) is 0 Å². The van der Waals surface area contributed by atoms with Crippen molar-refractivity contribution < 1.29 is 4.79 Å². The summed E-state index contributed by atoms with van der Waals surface area (Å²) in [5, 5.41) is 3.00. The van der Waals surface area contributed by atoms with E-state index in [0.29, 0.717) is 5.56 Å². The van der Waals surface area contributed by atoms with Gasteiger partial charge in [0, 0.05) is 33.7 Å². The van der Waals surface area contributed by atoms with Gasteiger partial charge in [-0.15, -0.1) is 0 Å². The number of aromatic nitrogens is 2. The van der Waals surface area contributed by atoms with Crippen LogP contribution in [0.15, 0.2) is 77.5 Å². The van der Waals surface area contributed by atoms with E-state index in [1.807, 2.05) is 72.2 Å². The number of hydrogen-bond acceptors (Lipinski definition) is 2. The normalized spacial score (nSPS) is 10.8. The first-order valence-corrected chi connectivity index (χ1v) is 9.01. The Balaban J connectivity index is 1.65. The van der Waals surface area contributed by atoms with Crippen LogP contribution in [0, 0.1) is 6.92 Å². The lowest BCUT2D eigenvalue weighted by Gasteiger charge is -2.10. The minimum atomic E-state index is -0.132. The zero-order valence-corrected chi connectivity index (χ0v) is 15.7. The van der Waals surface area contributed by atoms with E-state index < -0.39 is 0 Å². The number of halogens is 1. The lowest BCUT2D eigenvalue weighted by atomic mass is 10.1. The molecular weight excluding hydrogens is 390 g/mol. The highest BCUT2D eigenvalue weighted by Gasteiger charge is 2.10. The van der Waals surface area contributed by atoms with E-state index in [1.54, 1.807) is 12.1 Å². The quantitative estimate of drug-likeness (QED) is 0.500. The molecule has 2 heterocycles. The monoisotopic (exact) mass is 405 g/mol.